The van der Waals surface area contributed by atoms with E-state index >= 15 is 0 Å². The van der Waals surface area contributed by atoms with Crippen molar-refractivity contribution < 1.29 is 13.2 Å². The van der Waals surface area contributed by atoms with Gasteiger partial charge in [-0.15, -0.1) is 0 Å². The van der Waals surface area contributed by atoms with E-state index in [0.29, 0.717) is 15.9 Å². The number of benzene rings is 3. The second kappa shape index (κ2) is 7.29. The number of hydrogen-bond acceptors (Lipinski definition) is 3. The van der Waals surface area contributed by atoms with E-state index in [4.69, 9.17) is 4.74 Å². The molecule has 3 aromatic carbocycles. The summed E-state index contributed by atoms with van der Waals surface area (Å²) in [7, 11) is -3.66. The Bertz CT molecular complexity index is 968. The third-order valence-corrected chi connectivity index (χ3v) is 5.88. The molecule has 0 saturated heterocycles. The van der Waals surface area contributed by atoms with E-state index in [2.05, 4.69) is 20.7 Å². The first kappa shape index (κ1) is 17.5. The number of rotatable bonds is 5. The molecule has 0 aliphatic heterocycles. The van der Waals surface area contributed by atoms with Gasteiger partial charge in [-0.1, -0.05) is 29.8 Å². The van der Waals surface area contributed by atoms with Gasteiger partial charge in [0, 0.05) is 10.2 Å². The van der Waals surface area contributed by atoms with E-state index in [9.17, 15) is 8.42 Å². The van der Waals surface area contributed by atoms with E-state index in [1.54, 1.807) is 48.5 Å². The SMILES string of the molecule is Cc1ccc(Oc2ccc(NS(=O)(=O)c3ccccc3Br)cc2)cc1. The summed E-state index contributed by atoms with van der Waals surface area (Å²) in [5.41, 5.74) is 1.62. The Morgan fingerprint density at radius 1 is 0.840 bits per heavy atom. The third kappa shape index (κ3) is 4.41. The van der Waals surface area contributed by atoms with Crippen LogP contribution >= 0.6 is 15.9 Å². The Kier molecular flexibility index (Phi) is 5.11. The van der Waals surface area contributed by atoms with Gasteiger partial charge in [-0.25, -0.2) is 8.42 Å². The number of hydrogen-bond donors (Lipinski definition) is 1. The quantitative estimate of drug-likeness (QED) is 0.608. The van der Waals surface area contributed by atoms with Crippen molar-refractivity contribution in [3.05, 3.63) is 82.8 Å². The molecule has 0 aromatic heterocycles. The Hall–Kier alpha value is -2.31. The summed E-state index contributed by atoms with van der Waals surface area (Å²) in [6.45, 7) is 2.01. The first-order chi connectivity index (χ1) is 11.9. The summed E-state index contributed by atoms with van der Waals surface area (Å²) < 4.78 is 33.7. The molecule has 1 N–H and O–H groups in total. The van der Waals surface area contributed by atoms with E-state index < -0.39 is 10.0 Å². The minimum atomic E-state index is -3.66. The van der Waals surface area contributed by atoms with Gasteiger partial charge in [-0.3, -0.25) is 4.72 Å². The van der Waals surface area contributed by atoms with E-state index in [1.165, 1.54) is 0 Å². The minimum Gasteiger partial charge on any atom is -0.457 e. The molecule has 25 heavy (non-hydrogen) atoms. The van der Waals surface area contributed by atoms with Crippen molar-refractivity contribution in [2.75, 3.05) is 4.72 Å². The molecule has 4 nitrogen and oxygen atoms in total. The number of aryl methyl sites for hydroxylation is 1. The van der Waals surface area contributed by atoms with Crippen molar-refractivity contribution in [3.8, 4) is 11.5 Å². The van der Waals surface area contributed by atoms with Crippen LogP contribution in [0.4, 0.5) is 5.69 Å². The fourth-order valence-corrected chi connectivity index (χ4v) is 4.27. The average molecular weight is 418 g/mol. The lowest BCUT2D eigenvalue weighted by Gasteiger charge is -2.11. The monoisotopic (exact) mass is 417 g/mol. The Morgan fingerprint density at radius 2 is 1.40 bits per heavy atom. The van der Waals surface area contributed by atoms with E-state index in [1.807, 2.05) is 31.2 Å². The van der Waals surface area contributed by atoms with Gasteiger partial charge in [-0.05, 0) is 71.4 Å². The lowest BCUT2D eigenvalue weighted by molar-refractivity contribution is 0.482. The standard InChI is InChI=1S/C19H16BrNO3S/c1-14-6-10-16(11-7-14)24-17-12-8-15(9-13-17)21-25(22,23)19-5-3-2-4-18(19)20/h2-13,21H,1H3. The van der Waals surface area contributed by atoms with Crippen LogP contribution in [-0.4, -0.2) is 8.42 Å². The predicted octanol–water partition coefficient (Wildman–Crippen LogP) is 5.35. The maximum Gasteiger partial charge on any atom is 0.263 e. The molecule has 0 radical (unpaired) electrons. The molecule has 0 aliphatic carbocycles. The first-order valence-electron chi connectivity index (χ1n) is 7.56. The zero-order valence-electron chi connectivity index (χ0n) is 13.4. The van der Waals surface area contributed by atoms with Crippen molar-refractivity contribution in [1.29, 1.82) is 0 Å². The van der Waals surface area contributed by atoms with Crippen molar-refractivity contribution in [2.45, 2.75) is 11.8 Å². The van der Waals surface area contributed by atoms with Crippen molar-refractivity contribution in [2.24, 2.45) is 0 Å². The number of nitrogens with one attached hydrogen (secondary N) is 1. The maximum absolute atomic E-state index is 12.5. The van der Waals surface area contributed by atoms with Gasteiger partial charge in [0.2, 0.25) is 0 Å². The highest BCUT2D eigenvalue weighted by atomic mass is 79.9. The summed E-state index contributed by atoms with van der Waals surface area (Å²) in [4.78, 5) is 0.190. The van der Waals surface area contributed by atoms with Gasteiger partial charge in [0.05, 0.1) is 0 Å². The summed E-state index contributed by atoms with van der Waals surface area (Å²) in [6.07, 6.45) is 0. The highest BCUT2D eigenvalue weighted by molar-refractivity contribution is 9.10. The number of ether oxygens (including phenoxy) is 1. The normalized spacial score (nSPS) is 11.1. The summed E-state index contributed by atoms with van der Waals surface area (Å²) >= 11 is 3.26. The second-order valence-corrected chi connectivity index (χ2v) is 7.98. The Balaban J connectivity index is 1.74. The molecule has 6 heteroatoms. The van der Waals surface area contributed by atoms with Crippen LogP contribution in [0.25, 0.3) is 0 Å². The van der Waals surface area contributed by atoms with Crippen LogP contribution < -0.4 is 9.46 Å². The van der Waals surface area contributed by atoms with Gasteiger partial charge in [0.15, 0.2) is 0 Å². The fourth-order valence-electron chi connectivity index (χ4n) is 2.21. The predicted molar refractivity (Wildman–Crippen MR) is 103 cm³/mol. The summed E-state index contributed by atoms with van der Waals surface area (Å²) in [5, 5.41) is 0. The van der Waals surface area contributed by atoms with E-state index in [0.717, 1.165) is 11.3 Å². The van der Waals surface area contributed by atoms with Crippen LogP contribution in [0.1, 0.15) is 5.56 Å². The fraction of sp³-hybridized carbons (Fsp3) is 0.0526. The number of anilines is 1. The van der Waals surface area contributed by atoms with Crippen molar-refractivity contribution in [3.63, 3.8) is 0 Å². The smallest absolute Gasteiger partial charge is 0.263 e. The highest BCUT2D eigenvalue weighted by Gasteiger charge is 2.17. The molecule has 0 unspecified atom stereocenters. The second-order valence-electron chi connectivity index (χ2n) is 5.48. The van der Waals surface area contributed by atoms with Gasteiger partial charge in [-0.2, -0.15) is 0 Å². The van der Waals surface area contributed by atoms with Crippen LogP contribution in [0.2, 0.25) is 0 Å². The Labute approximate surface area is 155 Å². The maximum atomic E-state index is 12.5. The van der Waals surface area contributed by atoms with Crippen LogP contribution in [-0.2, 0) is 10.0 Å². The lowest BCUT2D eigenvalue weighted by atomic mass is 10.2. The van der Waals surface area contributed by atoms with Gasteiger partial charge in [0.25, 0.3) is 10.0 Å². The van der Waals surface area contributed by atoms with Crippen LogP contribution in [0, 0.1) is 6.92 Å². The van der Waals surface area contributed by atoms with Crippen LogP contribution in [0.5, 0.6) is 11.5 Å². The minimum absolute atomic E-state index is 0.190. The molecule has 0 amide bonds. The molecular formula is C19H16BrNO3S. The molecule has 0 heterocycles. The first-order valence-corrected chi connectivity index (χ1v) is 9.84. The third-order valence-electron chi connectivity index (χ3n) is 3.49. The zero-order valence-corrected chi connectivity index (χ0v) is 15.8. The molecule has 0 spiro atoms. The van der Waals surface area contributed by atoms with Gasteiger partial charge < -0.3 is 4.74 Å². The molecule has 0 atom stereocenters. The molecule has 0 fully saturated rings. The number of halogens is 1. The highest BCUT2D eigenvalue weighted by Crippen LogP contribution is 2.26. The average Bonchev–Trinajstić information content (AvgIpc) is 2.59. The van der Waals surface area contributed by atoms with Crippen molar-refractivity contribution in [1.82, 2.24) is 0 Å². The zero-order chi connectivity index (χ0) is 17.9. The largest absolute Gasteiger partial charge is 0.457 e. The summed E-state index contributed by atoms with van der Waals surface area (Å²) in [6, 6.07) is 21.2. The Morgan fingerprint density at radius 3 is 2.00 bits per heavy atom. The lowest BCUT2D eigenvalue weighted by Crippen LogP contribution is -2.13. The molecule has 0 saturated carbocycles. The van der Waals surface area contributed by atoms with Gasteiger partial charge in [0.1, 0.15) is 16.4 Å². The molecule has 128 valence electrons. The molecule has 0 bridgehead atoms. The number of sulfonamides is 1. The van der Waals surface area contributed by atoms with E-state index in [-0.39, 0.29) is 4.90 Å². The topological polar surface area (TPSA) is 55.4 Å². The molecular weight excluding hydrogens is 402 g/mol. The van der Waals surface area contributed by atoms with Gasteiger partial charge >= 0.3 is 0 Å². The molecule has 0 aliphatic rings. The van der Waals surface area contributed by atoms with Crippen LogP contribution in [0.15, 0.2) is 82.2 Å². The van der Waals surface area contributed by atoms with Crippen molar-refractivity contribution >= 4 is 31.6 Å². The molecule has 3 aromatic rings. The summed E-state index contributed by atoms with van der Waals surface area (Å²) in [5.74, 6) is 1.36. The molecule has 3 rings (SSSR count). The van der Waals surface area contributed by atoms with Crippen LogP contribution in [0.3, 0.4) is 0 Å².